The van der Waals surface area contributed by atoms with E-state index < -0.39 is 0 Å². The Kier molecular flexibility index (Phi) is 5.61. The molecule has 1 atom stereocenters. The summed E-state index contributed by atoms with van der Waals surface area (Å²) in [6, 6.07) is 0.250. The molecule has 0 spiro atoms. The number of guanidine groups is 1. The van der Waals surface area contributed by atoms with E-state index in [4.69, 9.17) is 4.99 Å². The summed E-state index contributed by atoms with van der Waals surface area (Å²) in [7, 11) is 1.99. The Hall–Kier alpha value is -2.35. The molecule has 0 fully saturated rings. The molecule has 3 aromatic rings. The number of fused-ring (bicyclic) bond motifs is 1. The van der Waals surface area contributed by atoms with Gasteiger partial charge < -0.3 is 10.6 Å². The van der Waals surface area contributed by atoms with Crippen LogP contribution in [-0.2, 0) is 20.0 Å². The maximum Gasteiger partial charge on any atom is 0.193 e. The SMILES string of the molecule is CCNC(=NCc1cn2ccsc2n1)NC(C)Cc1c(C)nn(C)c1C. The summed E-state index contributed by atoms with van der Waals surface area (Å²) in [6.45, 7) is 9.81. The highest BCUT2D eigenvalue weighted by molar-refractivity contribution is 7.15. The van der Waals surface area contributed by atoms with Gasteiger partial charge in [-0.2, -0.15) is 5.10 Å². The number of nitrogens with zero attached hydrogens (tertiary/aromatic N) is 5. The van der Waals surface area contributed by atoms with Crippen molar-refractivity contribution >= 4 is 22.3 Å². The third kappa shape index (κ3) is 4.07. The van der Waals surface area contributed by atoms with E-state index in [1.807, 2.05) is 33.9 Å². The number of nitrogens with one attached hydrogen (secondary N) is 2. The topological polar surface area (TPSA) is 71.5 Å². The molecule has 3 aromatic heterocycles. The fraction of sp³-hybridized carbons (Fsp3) is 0.500. The molecule has 1 unspecified atom stereocenters. The minimum absolute atomic E-state index is 0.250. The first kappa shape index (κ1) is 18.4. The lowest BCUT2D eigenvalue weighted by atomic mass is 10.1. The van der Waals surface area contributed by atoms with E-state index >= 15 is 0 Å². The van der Waals surface area contributed by atoms with Crippen molar-refractivity contribution < 1.29 is 0 Å². The molecule has 0 aliphatic heterocycles. The molecule has 0 aliphatic carbocycles. The van der Waals surface area contributed by atoms with Crippen molar-refractivity contribution in [3.8, 4) is 0 Å². The van der Waals surface area contributed by atoms with Gasteiger partial charge >= 0.3 is 0 Å². The molecule has 140 valence electrons. The number of aromatic nitrogens is 4. The average Bonchev–Trinajstić information content (AvgIpc) is 3.23. The average molecular weight is 374 g/mol. The molecule has 0 amide bonds. The number of aliphatic imine (C=N–C) groups is 1. The van der Waals surface area contributed by atoms with Crippen molar-refractivity contribution in [3.05, 3.63) is 40.4 Å². The van der Waals surface area contributed by atoms with Gasteiger partial charge in [0, 0.05) is 43.1 Å². The van der Waals surface area contributed by atoms with Gasteiger partial charge in [-0.05, 0) is 39.7 Å². The van der Waals surface area contributed by atoms with Gasteiger partial charge in [0.25, 0.3) is 0 Å². The van der Waals surface area contributed by atoms with Crippen molar-refractivity contribution in [1.82, 2.24) is 29.8 Å². The van der Waals surface area contributed by atoms with E-state index in [1.54, 1.807) is 11.3 Å². The fourth-order valence-electron chi connectivity index (χ4n) is 3.04. The molecule has 0 aromatic carbocycles. The highest BCUT2D eigenvalue weighted by Crippen LogP contribution is 2.14. The Balaban J connectivity index is 1.65. The molecule has 0 radical (unpaired) electrons. The van der Waals surface area contributed by atoms with E-state index in [0.29, 0.717) is 6.54 Å². The van der Waals surface area contributed by atoms with Crippen LogP contribution in [0.15, 0.2) is 22.8 Å². The van der Waals surface area contributed by atoms with Crippen molar-refractivity contribution in [2.24, 2.45) is 12.0 Å². The zero-order valence-electron chi connectivity index (χ0n) is 16.1. The molecular weight excluding hydrogens is 346 g/mol. The van der Waals surface area contributed by atoms with Gasteiger partial charge in [-0.1, -0.05) is 0 Å². The minimum atomic E-state index is 0.250. The summed E-state index contributed by atoms with van der Waals surface area (Å²) in [5.74, 6) is 0.815. The van der Waals surface area contributed by atoms with Crippen LogP contribution < -0.4 is 10.6 Å². The molecule has 0 bridgehead atoms. The molecule has 3 heterocycles. The smallest absolute Gasteiger partial charge is 0.193 e. The normalized spacial score (nSPS) is 13.3. The predicted octanol–water partition coefficient (Wildman–Crippen LogP) is 2.43. The molecule has 0 aliphatic rings. The third-order valence-electron chi connectivity index (χ3n) is 4.44. The van der Waals surface area contributed by atoms with Crippen LogP contribution in [0, 0.1) is 13.8 Å². The van der Waals surface area contributed by atoms with Crippen molar-refractivity contribution in [1.29, 1.82) is 0 Å². The van der Waals surface area contributed by atoms with Crippen LogP contribution in [0.25, 0.3) is 4.96 Å². The summed E-state index contributed by atoms with van der Waals surface area (Å²) in [5.41, 5.74) is 4.59. The van der Waals surface area contributed by atoms with Crippen LogP contribution in [0.2, 0.25) is 0 Å². The zero-order valence-corrected chi connectivity index (χ0v) is 16.9. The quantitative estimate of drug-likeness (QED) is 0.514. The second-order valence-electron chi connectivity index (χ2n) is 6.54. The maximum atomic E-state index is 4.69. The van der Waals surface area contributed by atoms with Gasteiger partial charge in [-0.25, -0.2) is 9.98 Å². The summed E-state index contributed by atoms with van der Waals surface area (Å²) < 4.78 is 3.98. The fourth-order valence-corrected chi connectivity index (χ4v) is 3.75. The molecule has 0 saturated carbocycles. The Morgan fingerprint density at radius 3 is 2.85 bits per heavy atom. The summed E-state index contributed by atoms with van der Waals surface area (Å²) in [4.78, 5) is 10.3. The number of thiazole rings is 1. The Labute approximate surface area is 158 Å². The van der Waals surface area contributed by atoms with Crippen molar-refractivity contribution in [3.63, 3.8) is 0 Å². The van der Waals surface area contributed by atoms with Gasteiger partial charge in [-0.15, -0.1) is 11.3 Å². The molecule has 8 heteroatoms. The number of imidazole rings is 1. The number of aryl methyl sites for hydroxylation is 2. The molecule has 7 nitrogen and oxygen atoms in total. The molecule has 3 rings (SSSR count). The highest BCUT2D eigenvalue weighted by Gasteiger charge is 2.14. The standard InChI is InChI=1S/C18H27N7S/c1-6-19-17(20-10-15-11-25-7-8-26-18(25)22-15)21-12(2)9-16-13(3)23-24(5)14(16)4/h7-8,11-12H,6,9-10H2,1-5H3,(H2,19,20,21). The van der Waals surface area contributed by atoms with E-state index in [1.165, 1.54) is 11.3 Å². The number of rotatable bonds is 6. The minimum Gasteiger partial charge on any atom is -0.357 e. The second kappa shape index (κ2) is 7.90. The number of hydrogen-bond acceptors (Lipinski definition) is 4. The van der Waals surface area contributed by atoms with Crippen LogP contribution in [0.1, 0.15) is 36.5 Å². The summed E-state index contributed by atoms with van der Waals surface area (Å²) in [6.07, 6.45) is 4.96. The monoisotopic (exact) mass is 373 g/mol. The summed E-state index contributed by atoms with van der Waals surface area (Å²) >= 11 is 1.63. The largest absolute Gasteiger partial charge is 0.357 e. The Bertz CT molecular complexity index is 874. The van der Waals surface area contributed by atoms with E-state index in [0.717, 1.165) is 35.3 Å². The van der Waals surface area contributed by atoms with Gasteiger partial charge in [0.2, 0.25) is 0 Å². The first-order valence-electron chi connectivity index (χ1n) is 8.93. The van der Waals surface area contributed by atoms with Gasteiger partial charge in [0.1, 0.15) is 0 Å². The van der Waals surface area contributed by atoms with Crippen LogP contribution in [-0.4, -0.2) is 37.7 Å². The summed E-state index contributed by atoms with van der Waals surface area (Å²) in [5, 5.41) is 13.4. The van der Waals surface area contributed by atoms with Gasteiger partial charge in [0.15, 0.2) is 10.9 Å². The third-order valence-corrected chi connectivity index (χ3v) is 5.21. The first-order chi connectivity index (χ1) is 12.5. The van der Waals surface area contributed by atoms with Gasteiger partial charge in [0.05, 0.1) is 17.9 Å². The maximum absolute atomic E-state index is 4.69. The molecular formula is C18H27N7S. The molecule has 26 heavy (non-hydrogen) atoms. The lowest BCUT2D eigenvalue weighted by Crippen LogP contribution is -2.43. The van der Waals surface area contributed by atoms with Crippen LogP contribution in [0.5, 0.6) is 0 Å². The predicted molar refractivity (Wildman–Crippen MR) is 107 cm³/mol. The van der Waals surface area contributed by atoms with Crippen molar-refractivity contribution in [2.45, 2.75) is 46.7 Å². The van der Waals surface area contributed by atoms with E-state index in [2.05, 4.69) is 48.4 Å². The molecule has 0 saturated heterocycles. The highest BCUT2D eigenvalue weighted by atomic mass is 32.1. The van der Waals surface area contributed by atoms with Crippen LogP contribution in [0.3, 0.4) is 0 Å². The Morgan fingerprint density at radius 2 is 2.19 bits per heavy atom. The van der Waals surface area contributed by atoms with E-state index in [-0.39, 0.29) is 6.04 Å². The zero-order chi connectivity index (χ0) is 18.7. The lowest BCUT2D eigenvalue weighted by Gasteiger charge is -2.18. The van der Waals surface area contributed by atoms with E-state index in [9.17, 15) is 0 Å². The first-order valence-corrected chi connectivity index (χ1v) is 9.81. The lowest BCUT2D eigenvalue weighted by molar-refractivity contribution is 0.635. The van der Waals surface area contributed by atoms with Crippen LogP contribution >= 0.6 is 11.3 Å². The Morgan fingerprint density at radius 1 is 1.38 bits per heavy atom. The number of hydrogen-bond donors (Lipinski definition) is 2. The van der Waals surface area contributed by atoms with Crippen molar-refractivity contribution in [2.75, 3.05) is 6.54 Å². The van der Waals surface area contributed by atoms with Crippen LogP contribution in [0.4, 0.5) is 0 Å². The second-order valence-corrected chi connectivity index (χ2v) is 7.42. The van der Waals surface area contributed by atoms with Gasteiger partial charge in [-0.3, -0.25) is 9.08 Å². The molecule has 2 N–H and O–H groups in total.